The lowest BCUT2D eigenvalue weighted by Crippen LogP contribution is -2.29. The molecule has 3 aromatic rings. The van der Waals surface area contributed by atoms with E-state index >= 15 is 0 Å². The lowest BCUT2D eigenvalue weighted by Gasteiger charge is -2.23. The maximum atomic E-state index is 13.4. The van der Waals surface area contributed by atoms with Gasteiger partial charge >= 0.3 is 11.9 Å². The molecule has 1 fully saturated rings. The Morgan fingerprint density at radius 2 is 1.80 bits per heavy atom. The first-order valence-electron chi connectivity index (χ1n) is 12.6. The minimum Gasteiger partial charge on any atom is -0.507 e. The molecule has 1 saturated heterocycles. The highest BCUT2D eigenvalue weighted by atomic mass is 32.1. The number of aryl methyl sites for hydroxylation is 1. The fraction of sp³-hybridized carbons (Fsp3) is 0.286. The number of rotatable bonds is 10. The molecule has 1 aliphatic heterocycles. The molecule has 1 amide bonds. The number of carbonyl (C=O) groups excluding carboxylic acids is 3. The first kappa shape index (κ1) is 28.4. The van der Waals surface area contributed by atoms with E-state index in [4.69, 9.17) is 9.47 Å². The zero-order valence-electron chi connectivity index (χ0n) is 22.1. The molecular formula is C28H27N3O8S. The quantitative estimate of drug-likeness (QED) is 0.0653. The third-order valence-corrected chi connectivity index (χ3v) is 7.35. The van der Waals surface area contributed by atoms with Gasteiger partial charge < -0.3 is 14.6 Å². The van der Waals surface area contributed by atoms with Crippen molar-refractivity contribution in [1.29, 1.82) is 0 Å². The van der Waals surface area contributed by atoms with Gasteiger partial charge in [-0.1, -0.05) is 24.7 Å². The number of hydrogen-bond donors (Lipinski definition) is 1. The third kappa shape index (κ3) is 5.57. The Kier molecular flexibility index (Phi) is 8.58. The van der Waals surface area contributed by atoms with E-state index in [0.717, 1.165) is 29.1 Å². The SMILES string of the molecule is CCCCOc1ccc(C(O)=C2C(=O)C(=O)N(c3nc(C)c(C(=O)OCC)s3)C2c2ccc([N+](=O)[O-])cc2)cc1. The first-order chi connectivity index (χ1) is 19.2. The molecular weight excluding hydrogens is 538 g/mol. The van der Waals surface area contributed by atoms with Gasteiger partial charge in [0.25, 0.3) is 11.5 Å². The molecule has 208 valence electrons. The highest BCUT2D eigenvalue weighted by Crippen LogP contribution is 2.44. The summed E-state index contributed by atoms with van der Waals surface area (Å²) in [4.78, 5) is 55.4. The summed E-state index contributed by atoms with van der Waals surface area (Å²) < 4.78 is 10.7. The number of benzene rings is 2. The fourth-order valence-corrected chi connectivity index (χ4v) is 5.18. The molecule has 0 bridgehead atoms. The number of nitro benzene ring substituents is 1. The summed E-state index contributed by atoms with van der Waals surface area (Å²) in [5.74, 6) is -2.39. The van der Waals surface area contributed by atoms with Crippen molar-refractivity contribution in [2.75, 3.05) is 18.1 Å². The van der Waals surface area contributed by atoms with Crippen LogP contribution in [0.4, 0.5) is 10.8 Å². The number of nitro groups is 1. The number of anilines is 1. The van der Waals surface area contributed by atoms with Crippen LogP contribution in [0.5, 0.6) is 5.75 Å². The number of aliphatic hydroxyl groups is 1. The number of esters is 1. The Morgan fingerprint density at radius 1 is 1.12 bits per heavy atom. The Labute approximate surface area is 233 Å². The standard InChI is InChI=1S/C28H27N3O8S/c1-4-6-15-39-20-13-9-18(10-14-20)23(32)21-22(17-7-11-19(12-8-17)31(36)37)30(26(34)24(21)33)28-29-16(3)25(40-28)27(35)38-5-2/h7-14,22,32H,4-6,15H2,1-3H3. The lowest BCUT2D eigenvalue weighted by atomic mass is 9.95. The van der Waals surface area contributed by atoms with Crippen molar-refractivity contribution in [2.45, 2.75) is 39.7 Å². The average molecular weight is 566 g/mol. The zero-order chi connectivity index (χ0) is 29.0. The summed E-state index contributed by atoms with van der Waals surface area (Å²) in [6.07, 6.45) is 1.86. The summed E-state index contributed by atoms with van der Waals surface area (Å²) >= 11 is 0.876. The van der Waals surface area contributed by atoms with Crippen LogP contribution in [0.1, 0.15) is 59.2 Å². The minimum atomic E-state index is -1.16. The number of Topliss-reactive ketones (excluding diaryl/α,β-unsaturated/α-hetero) is 1. The monoisotopic (exact) mass is 565 g/mol. The second-order valence-corrected chi connectivity index (χ2v) is 9.85. The Balaban J connectivity index is 1.82. The second-order valence-electron chi connectivity index (χ2n) is 8.88. The Bertz CT molecular complexity index is 1480. The smallest absolute Gasteiger partial charge is 0.350 e. The van der Waals surface area contributed by atoms with Crippen molar-refractivity contribution in [1.82, 2.24) is 4.98 Å². The maximum Gasteiger partial charge on any atom is 0.350 e. The molecule has 0 saturated carbocycles. The van der Waals surface area contributed by atoms with Crippen LogP contribution in [-0.4, -0.2) is 45.9 Å². The van der Waals surface area contributed by atoms with Crippen molar-refractivity contribution in [3.05, 3.63) is 85.9 Å². The van der Waals surface area contributed by atoms with Crippen LogP contribution < -0.4 is 9.64 Å². The topological polar surface area (TPSA) is 149 Å². The van der Waals surface area contributed by atoms with Gasteiger partial charge in [0.2, 0.25) is 0 Å². The van der Waals surface area contributed by atoms with Gasteiger partial charge in [0, 0.05) is 17.7 Å². The summed E-state index contributed by atoms with van der Waals surface area (Å²) in [6, 6.07) is 10.6. The Hall–Kier alpha value is -4.58. The van der Waals surface area contributed by atoms with Gasteiger partial charge in [-0.05, 0) is 62.2 Å². The van der Waals surface area contributed by atoms with Gasteiger partial charge in [0.1, 0.15) is 16.4 Å². The van der Waals surface area contributed by atoms with Gasteiger partial charge in [-0.3, -0.25) is 24.6 Å². The predicted octanol–water partition coefficient (Wildman–Crippen LogP) is 5.34. The van der Waals surface area contributed by atoms with Crippen LogP contribution in [0.25, 0.3) is 5.76 Å². The number of ether oxygens (including phenoxy) is 2. The number of carbonyl (C=O) groups is 3. The second kappa shape index (κ2) is 12.1. The number of hydrogen-bond acceptors (Lipinski definition) is 10. The fourth-order valence-electron chi connectivity index (χ4n) is 4.19. The van der Waals surface area contributed by atoms with Gasteiger partial charge in [-0.2, -0.15) is 0 Å². The molecule has 2 heterocycles. The van der Waals surface area contributed by atoms with Crippen LogP contribution in [-0.2, 0) is 14.3 Å². The van der Waals surface area contributed by atoms with E-state index in [0.29, 0.717) is 23.6 Å². The van der Waals surface area contributed by atoms with E-state index < -0.39 is 34.4 Å². The van der Waals surface area contributed by atoms with Crippen LogP contribution in [0, 0.1) is 17.0 Å². The van der Waals surface area contributed by atoms with Gasteiger partial charge in [-0.15, -0.1) is 0 Å². The molecule has 0 aliphatic carbocycles. The summed E-state index contributed by atoms with van der Waals surface area (Å²) in [7, 11) is 0. The van der Waals surface area contributed by atoms with E-state index in [1.807, 2.05) is 6.92 Å². The summed E-state index contributed by atoms with van der Waals surface area (Å²) in [6.45, 7) is 5.96. The molecule has 0 radical (unpaired) electrons. The highest BCUT2D eigenvalue weighted by Gasteiger charge is 2.48. The molecule has 1 aromatic heterocycles. The van der Waals surface area contributed by atoms with Crippen molar-refractivity contribution >= 4 is 45.6 Å². The number of unbranched alkanes of at least 4 members (excludes halogenated alkanes) is 1. The third-order valence-electron chi connectivity index (χ3n) is 6.21. The Morgan fingerprint density at radius 3 is 2.40 bits per heavy atom. The average Bonchev–Trinajstić information content (AvgIpc) is 3.45. The number of non-ortho nitro benzene ring substituents is 1. The van der Waals surface area contributed by atoms with E-state index in [2.05, 4.69) is 4.98 Å². The maximum absolute atomic E-state index is 13.4. The van der Waals surface area contributed by atoms with Gasteiger partial charge in [0.05, 0.1) is 35.4 Å². The molecule has 1 unspecified atom stereocenters. The molecule has 1 atom stereocenters. The molecule has 2 aromatic carbocycles. The number of nitrogens with zero attached hydrogens (tertiary/aromatic N) is 3. The molecule has 0 spiro atoms. The van der Waals surface area contributed by atoms with E-state index in [-0.39, 0.29) is 33.4 Å². The van der Waals surface area contributed by atoms with Gasteiger partial charge in [0.15, 0.2) is 5.13 Å². The van der Waals surface area contributed by atoms with Gasteiger partial charge in [-0.25, -0.2) is 9.78 Å². The largest absolute Gasteiger partial charge is 0.507 e. The highest BCUT2D eigenvalue weighted by molar-refractivity contribution is 7.17. The molecule has 1 N–H and O–H groups in total. The minimum absolute atomic E-state index is 0.0460. The summed E-state index contributed by atoms with van der Waals surface area (Å²) in [5, 5.41) is 22.6. The molecule has 12 heteroatoms. The van der Waals surface area contributed by atoms with Crippen molar-refractivity contribution in [3.8, 4) is 5.75 Å². The van der Waals surface area contributed by atoms with Crippen LogP contribution in [0.2, 0.25) is 0 Å². The number of amides is 1. The van der Waals surface area contributed by atoms with Crippen molar-refractivity contribution in [3.63, 3.8) is 0 Å². The van der Waals surface area contributed by atoms with E-state index in [1.165, 1.54) is 24.3 Å². The van der Waals surface area contributed by atoms with Crippen LogP contribution in [0.15, 0.2) is 54.1 Å². The number of aliphatic hydroxyl groups excluding tert-OH is 1. The molecule has 40 heavy (non-hydrogen) atoms. The number of thiazole rings is 1. The molecule has 11 nitrogen and oxygen atoms in total. The molecule has 4 rings (SSSR count). The van der Waals surface area contributed by atoms with Crippen LogP contribution in [0.3, 0.4) is 0 Å². The van der Waals surface area contributed by atoms with E-state index in [1.54, 1.807) is 38.1 Å². The van der Waals surface area contributed by atoms with Crippen LogP contribution >= 0.6 is 11.3 Å². The zero-order valence-corrected chi connectivity index (χ0v) is 22.9. The first-order valence-corrected chi connectivity index (χ1v) is 13.4. The predicted molar refractivity (Wildman–Crippen MR) is 148 cm³/mol. The summed E-state index contributed by atoms with van der Waals surface area (Å²) in [5.41, 5.74) is 0.506. The normalized spacial score (nSPS) is 16.3. The van der Waals surface area contributed by atoms with E-state index in [9.17, 15) is 29.6 Å². The molecule has 1 aliphatic rings. The van der Waals surface area contributed by atoms with Crippen molar-refractivity contribution in [2.24, 2.45) is 0 Å². The number of ketones is 1. The van der Waals surface area contributed by atoms with Crippen molar-refractivity contribution < 1.29 is 33.9 Å². The lowest BCUT2D eigenvalue weighted by molar-refractivity contribution is -0.384. The number of aromatic nitrogens is 1.